The van der Waals surface area contributed by atoms with Crippen LogP contribution in [0.25, 0.3) is 0 Å². The standard InChI is InChI=1S/C21H18ClNO3/c22-17-9-10-20(24)19(14-17)23-21(25)16-7-4-8-18(13-16)26-12-11-15-5-2-1-3-6-15/h1-10,13-14,24H,11-12H2,(H,23,25). The number of halogens is 1. The Bertz CT molecular complexity index is 897. The Labute approximate surface area is 157 Å². The summed E-state index contributed by atoms with van der Waals surface area (Å²) >= 11 is 5.90. The van der Waals surface area contributed by atoms with Gasteiger partial charge in [-0.1, -0.05) is 48.0 Å². The number of hydrogen-bond acceptors (Lipinski definition) is 3. The normalized spacial score (nSPS) is 10.3. The summed E-state index contributed by atoms with van der Waals surface area (Å²) in [6.45, 7) is 0.518. The Hall–Kier alpha value is -2.98. The molecule has 0 saturated heterocycles. The van der Waals surface area contributed by atoms with Crippen LogP contribution in [0.5, 0.6) is 11.5 Å². The van der Waals surface area contributed by atoms with Gasteiger partial charge >= 0.3 is 0 Å². The van der Waals surface area contributed by atoms with Gasteiger partial charge in [-0.25, -0.2) is 0 Å². The van der Waals surface area contributed by atoms with Gasteiger partial charge in [0.25, 0.3) is 5.91 Å². The summed E-state index contributed by atoms with van der Waals surface area (Å²) in [6.07, 6.45) is 0.785. The van der Waals surface area contributed by atoms with Crippen LogP contribution in [0.2, 0.25) is 5.02 Å². The van der Waals surface area contributed by atoms with Crippen LogP contribution in [0.3, 0.4) is 0 Å². The smallest absolute Gasteiger partial charge is 0.255 e. The van der Waals surface area contributed by atoms with Crippen molar-refractivity contribution in [3.63, 3.8) is 0 Å². The van der Waals surface area contributed by atoms with Gasteiger partial charge in [-0.15, -0.1) is 0 Å². The molecule has 0 spiro atoms. The van der Waals surface area contributed by atoms with E-state index in [9.17, 15) is 9.90 Å². The minimum atomic E-state index is -0.351. The van der Waals surface area contributed by atoms with E-state index in [-0.39, 0.29) is 17.3 Å². The maximum absolute atomic E-state index is 12.4. The highest BCUT2D eigenvalue weighted by Crippen LogP contribution is 2.27. The molecule has 3 aromatic rings. The summed E-state index contributed by atoms with van der Waals surface area (Å²) < 4.78 is 5.74. The van der Waals surface area contributed by atoms with Gasteiger partial charge in [0.2, 0.25) is 0 Å². The molecule has 132 valence electrons. The SMILES string of the molecule is O=C(Nc1cc(Cl)ccc1O)c1cccc(OCCc2ccccc2)c1. The van der Waals surface area contributed by atoms with Crippen molar-refractivity contribution in [2.24, 2.45) is 0 Å². The molecule has 0 radical (unpaired) electrons. The van der Waals surface area contributed by atoms with Gasteiger partial charge < -0.3 is 15.2 Å². The van der Waals surface area contributed by atoms with Crippen molar-refractivity contribution in [2.75, 3.05) is 11.9 Å². The lowest BCUT2D eigenvalue weighted by atomic mass is 10.1. The van der Waals surface area contributed by atoms with E-state index >= 15 is 0 Å². The van der Waals surface area contributed by atoms with Gasteiger partial charge in [0.15, 0.2) is 0 Å². The predicted octanol–water partition coefficient (Wildman–Crippen LogP) is 4.92. The molecule has 3 aromatic carbocycles. The second-order valence-corrected chi connectivity index (χ2v) is 6.16. The Morgan fingerprint density at radius 3 is 2.62 bits per heavy atom. The van der Waals surface area contributed by atoms with E-state index in [1.165, 1.54) is 17.7 Å². The number of phenolic OH excluding ortho intramolecular Hbond substituents is 1. The first-order valence-corrected chi connectivity index (χ1v) is 8.56. The van der Waals surface area contributed by atoms with Crippen molar-refractivity contribution in [2.45, 2.75) is 6.42 Å². The molecule has 0 aliphatic carbocycles. The summed E-state index contributed by atoms with van der Waals surface area (Å²) in [7, 11) is 0. The number of anilines is 1. The minimum Gasteiger partial charge on any atom is -0.506 e. The fourth-order valence-corrected chi connectivity index (χ4v) is 2.63. The molecular formula is C21H18ClNO3. The van der Waals surface area contributed by atoms with E-state index < -0.39 is 0 Å². The molecule has 2 N–H and O–H groups in total. The molecule has 0 unspecified atom stereocenters. The zero-order chi connectivity index (χ0) is 18.4. The monoisotopic (exact) mass is 367 g/mol. The third-order valence-electron chi connectivity index (χ3n) is 3.81. The van der Waals surface area contributed by atoms with E-state index in [4.69, 9.17) is 16.3 Å². The van der Waals surface area contributed by atoms with E-state index in [0.717, 1.165) is 6.42 Å². The Morgan fingerprint density at radius 2 is 1.81 bits per heavy atom. The summed E-state index contributed by atoms with van der Waals surface area (Å²) in [5.74, 6) is 0.220. The van der Waals surface area contributed by atoms with Crippen LogP contribution in [0.4, 0.5) is 5.69 Å². The predicted molar refractivity (Wildman–Crippen MR) is 103 cm³/mol. The van der Waals surface area contributed by atoms with Gasteiger partial charge in [-0.3, -0.25) is 4.79 Å². The molecule has 0 fully saturated rings. The van der Waals surface area contributed by atoms with E-state index in [0.29, 0.717) is 22.9 Å². The quantitative estimate of drug-likeness (QED) is 0.608. The van der Waals surface area contributed by atoms with Crippen LogP contribution in [-0.2, 0) is 6.42 Å². The summed E-state index contributed by atoms with van der Waals surface area (Å²) in [4.78, 5) is 12.4. The van der Waals surface area contributed by atoms with Gasteiger partial charge in [-0.05, 0) is 42.0 Å². The molecule has 0 aliphatic rings. The highest BCUT2D eigenvalue weighted by atomic mass is 35.5. The Kier molecular flexibility index (Phi) is 5.77. The maximum Gasteiger partial charge on any atom is 0.255 e. The lowest BCUT2D eigenvalue weighted by Crippen LogP contribution is -2.12. The van der Waals surface area contributed by atoms with Crippen LogP contribution < -0.4 is 10.1 Å². The van der Waals surface area contributed by atoms with Crippen LogP contribution in [0.1, 0.15) is 15.9 Å². The molecule has 4 nitrogen and oxygen atoms in total. The number of rotatable bonds is 6. The Balaban J connectivity index is 1.62. The van der Waals surface area contributed by atoms with Crippen molar-refractivity contribution in [1.82, 2.24) is 0 Å². The lowest BCUT2D eigenvalue weighted by Gasteiger charge is -2.10. The summed E-state index contributed by atoms with van der Waals surface area (Å²) in [5.41, 5.74) is 1.89. The van der Waals surface area contributed by atoms with Crippen LogP contribution in [0.15, 0.2) is 72.8 Å². The van der Waals surface area contributed by atoms with E-state index in [1.54, 1.807) is 30.3 Å². The number of hydrogen-bond donors (Lipinski definition) is 2. The number of ether oxygens (including phenoxy) is 1. The molecule has 1 amide bonds. The number of amides is 1. The van der Waals surface area contributed by atoms with E-state index in [1.807, 2.05) is 30.3 Å². The summed E-state index contributed by atoms with van der Waals surface area (Å²) in [6, 6.07) is 21.4. The zero-order valence-corrected chi connectivity index (χ0v) is 14.7. The van der Waals surface area contributed by atoms with E-state index in [2.05, 4.69) is 5.32 Å². The zero-order valence-electron chi connectivity index (χ0n) is 14.0. The van der Waals surface area contributed by atoms with Gasteiger partial charge in [0.1, 0.15) is 11.5 Å². The van der Waals surface area contributed by atoms with Crippen molar-refractivity contribution in [1.29, 1.82) is 0 Å². The number of phenols is 1. The third kappa shape index (κ3) is 4.77. The highest BCUT2D eigenvalue weighted by molar-refractivity contribution is 6.31. The van der Waals surface area contributed by atoms with Gasteiger partial charge in [0, 0.05) is 17.0 Å². The first-order chi connectivity index (χ1) is 12.6. The number of nitrogens with one attached hydrogen (secondary N) is 1. The second kappa shape index (κ2) is 8.41. The molecule has 26 heavy (non-hydrogen) atoms. The number of carbonyl (C=O) groups excluding carboxylic acids is 1. The van der Waals surface area contributed by atoms with Crippen molar-refractivity contribution in [3.8, 4) is 11.5 Å². The molecule has 0 heterocycles. The molecular weight excluding hydrogens is 350 g/mol. The van der Waals surface area contributed by atoms with Gasteiger partial charge in [0.05, 0.1) is 12.3 Å². The van der Waals surface area contributed by atoms with Crippen LogP contribution in [-0.4, -0.2) is 17.6 Å². The number of carbonyl (C=O) groups is 1. The average molecular weight is 368 g/mol. The lowest BCUT2D eigenvalue weighted by molar-refractivity contribution is 0.102. The topological polar surface area (TPSA) is 58.6 Å². The van der Waals surface area contributed by atoms with Crippen LogP contribution in [0, 0.1) is 0 Å². The van der Waals surface area contributed by atoms with Crippen LogP contribution >= 0.6 is 11.6 Å². The van der Waals surface area contributed by atoms with Crippen molar-refractivity contribution >= 4 is 23.2 Å². The van der Waals surface area contributed by atoms with Crippen molar-refractivity contribution < 1.29 is 14.6 Å². The second-order valence-electron chi connectivity index (χ2n) is 5.73. The third-order valence-corrected chi connectivity index (χ3v) is 4.04. The first-order valence-electron chi connectivity index (χ1n) is 8.18. The maximum atomic E-state index is 12.4. The summed E-state index contributed by atoms with van der Waals surface area (Å²) in [5, 5.41) is 12.9. The molecule has 3 rings (SSSR count). The fourth-order valence-electron chi connectivity index (χ4n) is 2.46. The molecule has 0 aromatic heterocycles. The highest BCUT2D eigenvalue weighted by Gasteiger charge is 2.10. The molecule has 0 atom stereocenters. The first kappa shape index (κ1) is 17.8. The fraction of sp³-hybridized carbons (Fsp3) is 0.0952. The number of aromatic hydroxyl groups is 1. The van der Waals surface area contributed by atoms with Gasteiger partial charge in [-0.2, -0.15) is 0 Å². The van der Waals surface area contributed by atoms with Crippen molar-refractivity contribution in [3.05, 3.63) is 88.9 Å². The molecule has 0 bridgehead atoms. The average Bonchev–Trinajstić information content (AvgIpc) is 2.66. The largest absolute Gasteiger partial charge is 0.506 e. The number of benzene rings is 3. The Morgan fingerprint density at radius 1 is 1.00 bits per heavy atom. The molecule has 5 heteroatoms. The minimum absolute atomic E-state index is 0.0435. The molecule has 0 aliphatic heterocycles. The molecule has 0 saturated carbocycles.